The van der Waals surface area contributed by atoms with Gasteiger partial charge >= 0.3 is 0 Å². The molecule has 0 radical (unpaired) electrons. The third-order valence-electron chi connectivity index (χ3n) is 3.99. The highest BCUT2D eigenvalue weighted by atomic mass is 35.5. The van der Waals surface area contributed by atoms with E-state index in [1.165, 1.54) is 6.92 Å². The maximum Gasteiger partial charge on any atom is 0.277 e. The number of benzene rings is 2. The Hall–Kier alpha value is -3.12. The van der Waals surface area contributed by atoms with Gasteiger partial charge in [0.05, 0.1) is 17.4 Å². The predicted octanol–water partition coefficient (Wildman–Crippen LogP) is 3.96. The number of imide groups is 1. The Morgan fingerprint density at radius 1 is 1.00 bits per heavy atom. The van der Waals surface area contributed by atoms with Crippen molar-refractivity contribution in [2.75, 3.05) is 10.2 Å². The van der Waals surface area contributed by atoms with Crippen molar-refractivity contribution in [2.45, 2.75) is 26.9 Å². The van der Waals surface area contributed by atoms with E-state index in [1.807, 2.05) is 13.8 Å². The van der Waals surface area contributed by atoms with E-state index in [1.54, 1.807) is 48.5 Å². The molecule has 0 atom stereocenters. The second kappa shape index (κ2) is 7.86. The quantitative estimate of drug-likeness (QED) is 0.773. The molecule has 3 rings (SSSR count). The molecule has 7 heteroatoms. The minimum absolute atomic E-state index is 0.0177. The molecule has 0 saturated heterocycles. The smallest absolute Gasteiger partial charge is 0.277 e. The highest BCUT2D eigenvalue weighted by Gasteiger charge is 2.39. The number of amides is 3. The Labute approximate surface area is 167 Å². The minimum Gasteiger partial charge on any atom is -0.491 e. The molecule has 6 nitrogen and oxygen atoms in total. The van der Waals surface area contributed by atoms with Crippen LogP contribution in [0.4, 0.5) is 11.4 Å². The van der Waals surface area contributed by atoms with Crippen LogP contribution >= 0.6 is 11.6 Å². The number of ether oxygens (including phenoxy) is 1. The largest absolute Gasteiger partial charge is 0.491 e. The molecular formula is C21H19ClN2O4. The Morgan fingerprint density at radius 2 is 1.61 bits per heavy atom. The van der Waals surface area contributed by atoms with E-state index in [4.69, 9.17) is 16.3 Å². The van der Waals surface area contributed by atoms with Crippen molar-refractivity contribution in [3.63, 3.8) is 0 Å². The molecule has 0 unspecified atom stereocenters. The van der Waals surface area contributed by atoms with Gasteiger partial charge in [-0.1, -0.05) is 23.7 Å². The lowest BCUT2D eigenvalue weighted by molar-refractivity contribution is -0.120. The maximum absolute atomic E-state index is 12.9. The summed E-state index contributed by atoms with van der Waals surface area (Å²) in [4.78, 5) is 37.7. The van der Waals surface area contributed by atoms with E-state index in [0.29, 0.717) is 22.7 Å². The molecule has 1 aliphatic rings. The van der Waals surface area contributed by atoms with Crippen LogP contribution in [0.3, 0.4) is 0 Å². The zero-order chi connectivity index (χ0) is 20.4. The molecule has 0 bridgehead atoms. The van der Waals surface area contributed by atoms with E-state index in [0.717, 1.165) is 4.90 Å². The van der Waals surface area contributed by atoms with Gasteiger partial charge in [-0.2, -0.15) is 0 Å². The van der Waals surface area contributed by atoms with Gasteiger partial charge in [-0.05, 0) is 55.8 Å². The summed E-state index contributed by atoms with van der Waals surface area (Å²) >= 11 is 6.20. The van der Waals surface area contributed by atoms with Crippen LogP contribution in [0.25, 0.3) is 5.57 Å². The first-order valence-corrected chi connectivity index (χ1v) is 9.09. The average molecular weight is 399 g/mol. The number of halogens is 1. The van der Waals surface area contributed by atoms with Gasteiger partial charge in [0.15, 0.2) is 0 Å². The van der Waals surface area contributed by atoms with Gasteiger partial charge in [-0.3, -0.25) is 14.4 Å². The number of hydrogen-bond acceptors (Lipinski definition) is 4. The fourth-order valence-corrected chi connectivity index (χ4v) is 3.13. The van der Waals surface area contributed by atoms with Crippen molar-refractivity contribution in [3.8, 4) is 5.75 Å². The minimum atomic E-state index is -0.579. The Kier molecular flexibility index (Phi) is 5.51. The fourth-order valence-electron chi connectivity index (χ4n) is 2.86. The number of rotatable bonds is 5. The topological polar surface area (TPSA) is 75.7 Å². The molecule has 2 aromatic rings. The number of nitrogens with zero attached hydrogens (tertiary/aromatic N) is 1. The SMILES string of the molecule is CC(=O)Nc1ccc(C2=C(Cl)C(=O)N(c3ccc(OC(C)C)cc3)C2=O)cc1. The van der Waals surface area contributed by atoms with Crippen LogP contribution in [-0.4, -0.2) is 23.8 Å². The first-order valence-electron chi connectivity index (χ1n) is 8.71. The van der Waals surface area contributed by atoms with Crippen LogP contribution in [-0.2, 0) is 14.4 Å². The zero-order valence-corrected chi connectivity index (χ0v) is 16.4. The lowest BCUT2D eigenvalue weighted by atomic mass is 10.1. The van der Waals surface area contributed by atoms with Gasteiger partial charge in [0.25, 0.3) is 11.8 Å². The molecule has 0 spiro atoms. The monoisotopic (exact) mass is 398 g/mol. The molecule has 0 saturated carbocycles. The number of nitrogens with one attached hydrogen (secondary N) is 1. The second-order valence-corrected chi connectivity index (χ2v) is 6.93. The Balaban J connectivity index is 1.86. The molecule has 0 aromatic heterocycles. The van der Waals surface area contributed by atoms with Crippen molar-refractivity contribution in [3.05, 3.63) is 59.1 Å². The molecule has 0 fully saturated rings. The summed E-state index contributed by atoms with van der Waals surface area (Å²) < 4.78 is 5.58. The van der Waals surface area contributed by atoms with E-state index in [9.17, 15) is 14.4 Å². The second-order valence-electron chi connectivity index (χ2n) is 6.55. The molecular weight excluding hydrogens is 380 g/mol. The van der Waals surface area contributed by atoms with E-state index in [2.05, 4.69) is 5.32 Å². The highest BCUT2D eigenvalue weighted by Crippen LogP contribution is 2.35. The van der Waals surface area contributed by atoms with E-state index >= 15 is 0 Å². The van der Waals surface area contributed by atoms with Crippen LogP contribution < -0.4 is 15.0 Å². The Morgan fingerprint density at radius 3 is 2.14 bits per heavy atom. The molecule has 1 N–H and O–H groups in total. The number of hydrogen-bond donors (Lipinski definition) is 1. The standard InChI is InChI=1S/C21H19ClN2O4/c1-12(2)28-17-10-8-16(9-11-17)24-20(26)18(19(22)21(24)27)14-4-6-15(7-5-14)23-13(3)25/h4-12H,1-3H3,(H,23,25). The summed E-state index contributed by atoms with van der Waals surface area (Å²) in [6, 6.07) is 13.2. The van der Waals surface area contributed by atoms with Gasteiger partial charge in [0, 0.05) is 12.6 Å². The predicted molar refractivity (Wildman–Crippen MR) is 108 cm³/mol. The van der Waals surface area contributed by atoms with Crippen LogP contribution in [0.15, 0.2) is 53.6 Å². The first-order chi connectivity index (χ1) is 13.3. The molecule has 3 amide bonds. The summed E-state index contributed by atoms with van der Waals surface area (Å²) in [6.07, 6.45) is 0.0177. The zero-order valence-electron chi connectivity index (χ0n) is 15.7. The van der Waals surface area contributed by atoms with Crippen LogP contribution in [0.2, 0.25) is 0 Å². The van der Waals surface area contributed by atoms with E-state index < -0.39 is 11.8 Å². The fraction of sp³-hybridized carbons (Fsp3) is 0.190. The molecule has 144 valence electrons. The van der Waals surface area contributed by atoms with Gasteiger partial charge in [-0.25, -0.2) is 4.90 Å². The highest BCUT2D eigenvalue weighted by molar-refractivity contribution is 6.60. The third kappa shape index (κ3) is 3.92. The molecule has 1 aliphatic heterocycles. The molecule has 0 aliphatic carbocycles. The lowest BCUT2D eigenvalue weighted by Crippen LogP contribution is -2.31. The van der Waals surface area contributed by atoms with Gasteiger partial charge < -0.3 is 10.1 Å². The van der Waals surface area contributed by atoms with Crippen molar-refractivity contribution in [1.29, 1.82) is 0 Å². The summed E-state index contributed by atoms with van der Waals surface area (Å²) in [5, 5.41) is 2.51. The third-order valence-corrected chi connectivity index (χ3v) is 4.34. The van der Waals surface area contributed by atoms with Crippen molar-refractivity contribution >= 4 is 46.3 Å². The molecule has 1 heterocycles. The van der Waals surface area contributed by atoms with Crippen LogP contribution in [0.5, 0.6) is 5.75 Å². The van der Waals surface area contributed by atoms with Crippen LogP contribution in [0, 0.1) is 0 Å². The van der Waals surface area contributed by atoms with Crippen molar-refractivity contribution < 1.29 is 19.1 Å². The average Bonchev–Trinajstić information content (AvgIpc) is 2.85. The van der Waals surface area contributed by atoms with Crippen molar-refractivity contribution in [1.82, 2.24) is 0 Å². The number of carbonyl (C=O) groups is 3. The first kappa shape index (κ1) is 19.6. The van der Waals surface area contributed by atoms with E-state index in [-0.39, 0.29) is 22.6 Å². The van der Waals surface area contributed by atoms with Gasteiger partial charge in [-0.15, -0.1) is 0 Å². The van der Waals surface area contributed by atoms with Crippen molar-refractivity contribution in [2.24, 2.45) is 0 Å². The summed E-state index contributed by atoms with van der Waals surface area (Å²) in [5.41, 5.74) is 1.62. The number of carbonyl (C=O) groups excluding carboxylic acids is 3. The molecule has 2 aromatic carbocycles. The normalized spacial score (nSPS) is 14.1. The summed E-state index contributed by atoms with van der Waals surface area (Å²) in [5.74, 6) is -0.635. The van der Waals surface area contributed by atoms with Gasteiger partial charge in [0.1, 0.15) is 10.8 Å². The molecule has 28 heavy (non-hydrogen) atoms. The maximum atomic E-state index is 12.9. The summed E-state index contributed by atoms with van der Waals surface area (Å²) in [6.45, 7) is 5.23. The van der Waals surface area contributed by atoms with Crippen LogP contribution in [0.1, 0.15) is 26.3 Å². The number of anilines is 2. The Bertz CT molecular complexity index is 963. The summed E-state index contributed by atoms with van der Waals surface area (Å²) in [7, 11) is 0. The lowest BCUT2D eigenvalue weighted by Gasteiger charge is -2.16. The van der Waals surface area contributed by atoms with Gasteiger partial charge in [0.2, 0.25) is 5.91 Å².